The molecular formula is C19H32N6O4S. The van der Waals surface area contributed by atoms with Crippen molar-refractivity contribution in [3.63, 3.8) is 0 Å². The Morgan fingerprint density at radius 3 is 2.73 bits per heavy atom. The first kappa shape index (κ1) is 22.8. The number of hydrogen-bond acceptors (Lipinski definition) is 8. The van der Waals surface area contributed by atoms with E-state index >= 15 is 0 Å². The minimum atomic E-state index is -0.462. The number of nitrogens with one attached hydrogen (secondary N) is 2. The van der Waals surface area contributed by atoms with E-state index in [4.69, 9.17) is 9.47 Å². The van der Waals surface area contributed by atoms with Crippen molar-refractivity contribution in [2.75, 3.05) is 50.1 Å². The largest absolute Gasteiger partial charge is 0.378 e. The van der Waals surface area contributed by atoms with Crippen molar-refractivity contribution < 1.29 is 19.1 Å². The Morgan fingerprint density at radius 2 is 2.03 bits per heavy atom. The molecule has 0 spiro atoms. The van der Waals surface area contributed by atoms with Crippen molar-refractivity contribution in [3.8, 4) is 0 Å². The number of morpholine rings is 1. The van der Waals surface area contributed by atoms with E-state index in [1.807, 2.05) is 4.57 Å². The van der Waals surface area contributed by atoms with E-state index in [0.29, 0.717) is 37.4 Å². The van der Waals surface area contributed by atoms with E-state index in [1.54, 1.807) is 0 Å². The van der Waals surface area contributed by atoms with E-state index in [1.165, 1.54) is 11.8 Å². The molecule has 10 nitrogen and oxygen atoms in total. The summed E-state index contributed by atoms with van der Waals surface area (Å²) in [4.78, 5) is 26.2. The Hall–Kier alpha value is -1.85. The molecule has 0 aliphatic carbocycles. The van der Waals surface area contributed by atoms with Gasteiger partial charge in [-0.05, 0) is 25.2 Å². The van der Waals surface area contributed by atoms with Crippen LogP contribution in [0.5, 0.6) is 0 Å². The Bertz CT molecular complexity index is 701. The minimum Gasteiger partial charge on any atom is -0.378 e. The van der Waals surface area contributed by atoms with Crippen molar-refractivity contribution in [3.05, 3.63) is 0 Å². The third kappa shape index (κ3) is 6.85. The van der Waals surface area contributed by atoms with Crippen LogP contribution in [0, 0.1) is 5.92 Å². The summed E-state index contributed by atoms with van der Waals surface area (Å²) >= 11 is 1.28. The zero-order chi connectivity index (χ0) is 21.3. The molecule has 11 heteroatoms. The second-order valence-corrected chi connectivity index (χ2v) is 8.85. The number of urea groups is 1. The van der Waals surface area contributed by atoms with Crippen LogP contribution in [0.4, 0.5) is 10.7 Å². The summed E-state index contributed by atoms with van der Waals surface area (Å²) < 4.78 is 13.3. The van der Waals surface area contributed by atoms with E-state index < -0.39 is 6.03 Å². The number of aromatic nitrogens is 3. The summed E-state index contributed by atoms with van der Waals surface area (Å²) in [5, 5.41) is 14.4. The maximum atomic E-state index is 12.2. The van der Waals surface area contributed by atoms with Crippen LogP contribution in [0.15, 0.2) is 5.16 Å². The number of anilines is 1. The average Bonchev–Trinajstić information content (AvgIpc) is 3.37. The number of hydrogen-bond donors (Lipinski definition) is 2. The summed E-state index contributed by atoms with van der Waals surface area (Å²) in [7, 11) is 0. The first-order valence-electron chi connectivity index (χ1n) is 10.6. The lowest BCUT2D eigenvalue weighted by molar-refractivity contribution is -0.117. The highest BCUT2D eigenvalue weighted by atomic mass is 32.2. The fourth-order valence-electron chi connectivity index (χ4n) is 3.35. The van der Waals surface area contributed by atoms with Gasteiger partial charge in [-0.2, -0.15) is 0 Å². The van der Waals surface area contributed by atoms with Gasteiger partial charge in [-0.1, -0.05) is 25.6 Å². The van der Waals surface area contributed by atoms with Crippen molar-refractivity contribution in [2.24, 2.45) is 5.92 Å². The van der Waals surface area contributed by atoms with Gasteiger partial charge in [0.15, 0.2) is 5.16 Å². The third-order valence-corrected chi connectivity index (χ3v) is 5.96. The zero-order valence-corrected chi connectivity index (χ0v) is 18.6. The van der Waals surface area contributed by atoms with E-state index in [2.05, 4.69) is 39.6 Å². The van der Waals surface area contributed by atoms with Crippen LogP contribution in [-0.4, -0.2) is 78.0 Å². The molecule has 0 aromatic carbocycles. The normalized spacial score (nSPS) is 19.3. The molecule has 2 fully saturated rings. The standard InChI is InChI=1S/C19H32N6O4S/c1-14(2)5-6-20-17(27)21-16(26)13-30-19-23-22-18(24-7-10-28-11-8-24)25(19)12-15-4-3-9-29-15/h14-15H,3-13H2,1-2H3,(H2,20,21,26,27). The molecule has 0 saturated carbocycles. The van der Waals surface area contributed by atoms with Gasteiger partial charge >= 0.3 is 6.03 Å². The quantitative estimate of drug-likeness (QED) is 0.552. The highest BCUT2D eigenvalue weighted by molar-refractivity contribution is 7.99. The molecule has 0 bridgehead atoms. The zero-order valence-electron chi connectivity index (χ0n) is 17.8. The van der Waals surface area contributed by atoms with Gasteiger partial charge in [-0.15, -0.1) is 10.2 Å². The Balaban J connectivity index is 1.56. The molecule has 168 valence electrons. The topological polar surface area (TPSA) is 111 Å². The van der Waals surface area contributed by atoms with Crippen LogP contribution < -0.4 is 15.5 Å². The van der Waals surface area contributed by atoms with Crippen LogP contribution in [-0.2, 0) is 20.8 Å². The molecule has 1 aromatic rings. The number of amides is 3. The van der Waals surface area contributed by atoms with Gasteiger partial charge in [-0.25, -0.2) is 4.79 Å². The molecule has 30 heavy (non-hydrogen) atoms. The third-order valence-electron chi connectivity index (χ3n) is 4.99. The van der Waals surface area contributed by atoms with Gasteiger partial charge in [0.25, 0.3) is 0 Å². The molecule has 0 radical (unpaired) electrons. The highest BCUT2D eigenvalue weighted by Crippen LogP contribution is 2.25. The van der Waals surface area contributed by atoms with Crippen molar-refractivity contribution in [2.45, 2.75) is 50.9 Å². The number of ether oxygens (including phenoxy) is 2. The molecular weight excluding hydrogens is 408 g/mol. The number of nitrogens with zero attached hydrogens (tertiary/aromatic N) is 4. The fraction of sp³-hybridized carbons (Fsp3) is 0.789. The van der Waals surface area contributed by atoms with Gasteiger partial charge in [0, 0.05) is 26.2 Å². The Morgan fingerprint density at radius 1 is 1.23 bits per heavy atom. The van der Waals surface area contributed by atoms with Crippen LogP contribution in [0.3, 0.4) is 0 Å². The number of imide groups is 1. The van der Waals surface area contributed by atoms with Gasteiger partial charge in [0.1, 0.15) is 0 Å². The molecule has 3 heterocycles. The summed E-state index contributed by atoms with van der Waals surface area (Å²) in [6.45, 7) is 8.96. The summed E-state index contributed by atoms with van der Waals surface area (Å²) in [6, 6.07) is -0.462. The molecule has 1 atom stereocenters. The maximum Gasteiger partial charge on any atom is 0.321 e. The molecule has 2 aliphatic rings. The summed E-state index contributed by atoms with van der Waals surface area (Å²) in [6.07, 6.45) is 3.05. The average molecular weight is 441 g/mol. The van der Waals surface area contributed by atoms with Gasteiger partial charge in [0.2, 0.25) is 11.9 Å². The van der Waals surface area contributed by atoms with Gasteiger partial charge < -0.3 is 19.7 Å². The fourth-order valence-corrected chi connectivity index (χ4v) is 4.09. The first-order valence-corrected chi connectivity index (χ1v) is 11.6. The Labute approximate surface area is 181 Å². The number of thioether (sulfide) groups is 1. The monoisotopic (exact) mass is 440 g/mol. The second-order valence-electron chi connectivity index (χ2n) is 7.90. The maximum absolute atomic E-state index is 12.2. The summed E-state index contributed by atoms with van der Waals surface area (Å²) in [5.74, 6) is 1.00. The lowest BCUT2D eigenvalue weighted by Gasteiger charge is -2.28. The smallest absolute Gasteiger partial charge is 0.321 e. The highest BCUT2D eigenvalue weighted by Gasteiger charge is 2.25. The second kappa shape index (κ2) is 11.5. The number of carbonyl (C=O) groups is 2. The van der Waals surface area contributed by atoms with Crippen molar-refractivity contribution in [1.29, 1.82) is 0 Å². The van der Waals surface area contributed by atoms with Crippen molar-refractivity contribution in [1.82, 2.24) is 25.4 Å². The predicted octanol–water partition coefficient (Wildman–Crippen LogP) is 1.26. The van der Waals surface area contributed by atoms with Crippen molar-refractivity contribution >= 4 is 29.6 Å². The Kier molecular flexibility index (Phi) is 8.76. The molecule has 2 aliphatic heterocycles. The number of rotatable bonds is 9. The minimum absolute atomic E-state index is 0.0877. The van der Waals surface area contributed by atoms with Crippen LogP contribution in [0.25, 0.3) is 0 Å². The van der Waals surface area contributed by atoms with Crippen LogP contribution in [0.2, 0.25) is 0 Å². The molecule has 1 unspecified atom stereocenters. The van der Waals surface area contributed by atoms with E-state index in [9.17, 15) is 9.59 Å². The van der Waals surface area contributed by atoms with Crippen LogP contribution in [0.1, 0.15) is 33.1 Å². The van der Waals surface area contributed by atoms with E-state index in [0.717, 1.165) is 44.9 Å². The molecule has 2 saturated heterocycles. The lowest BCUT2D eigenvalue weighted by atomic mass is 10.1. The molecule has 3 amide bonds. The molecule has 1 aromatic heterocycles. The lowest BCUT2D eigenvalue weighted by Crippen LogP contribution is -2.41. The SMILES string of the molecule is CC(C)CCNC(=O)NC(=O)CSc1nnc(N2CCOCC2)n1CC1CCCO1. The predicted molar refractivity (Wildman–Crippen MR) is 114 cm³/mol. The molecule has 3 rings (SSSR count). The summed E-state index contributed by atoms with van der Waals surface area (Å²) in [5.41, 5.74) is 0. The van der Waals surface area contributed by atoms with Gasteiger partial charge in [0.05, 0.1) is 31.6 Å². The van der Waals surface area contributed by atoms with Gasteiger partial charge in [-0.3, -0.25) is 14.7 Å². The first-order chi connectivity index (χ1) is 14.5. The van der Waals surface area contributed by atoms with Crippen LogP contribution >= 0.6 is 11.8 Å². The molecule has 2 N–H and O–H groups in total. The van der Waals surface area contributed by atoms with E-state index in [-0.39, 0.29) is 17.8 Å². The number of carbonyl (C=O) groups excluding carboxylic acids is 2.